The molecule has 0 fully saturated rings. The predicted octanol–water partition coefficient (Wildman–Crippen LogP) is 1.10. The summed E-state index contributed by atoms with van der Waals surface area (Å²) >= 11 is 0. The van der Waals surface area contributed by atoms with Gasteiger partial charge in [0.2, 0.25) is 6.79 Å². The van der Waals surface area contributed by atoms with E-state index in [4.69, 9.17) is 9.47 Å². The molecule has 0 saturated heterocycles. The SMILES string of the molecule is O=c1cc(-c2ccc3c(c2)OCO3)[nH][nH]1. The van der Waals surface area contributed by atoms with Crippen molar-refractivity contribution in [1.29, 1.82) is 0 Å². The maximum absolute atomic E-state index is 11.0. The molecule has 0 spiro atoms. The minimum atomic E-state index is -0.150. The summed E-state index contributed by atoms with van der Waals surface area (Å²) in [6.07, 6.45) is 0. The fourth-order valence-electron chi connectivity index (χ4n) is 1.55. The number of H-pyrrole nitrogens is 2. The smallest absolute Gasteiger partial charge is 0.264 e. The Bertz CT molecular complexity index is 556. The second-order valence-corrected chi connectivity index (χ2v) is 3.24. The molecule has 0 atom stereocenters. The minimum absolute atomic E-state index is 0.150. The van der Waals surface area contributed by atoms with Crippen molar-refractivity contribution in [3.8, 4) is 22.8 Å². The molecule has 2 aromatic rings. The van der Waals surface area contributed by atoms with Gasteiger partial charge in [0.05, 0.1) is 5.69 Å². The van der Waals surface area contributed by atoms with Crippen LogP contribution in [-0.4, -0.2) is 17.0 Å². The van der Waals surface area contributed by atoms with E-state index < -0.39 is 0 Å². The zero-order valence-electron chi connectivity index (χ0n) is 7.74. The van der Waals surface area contributed by atoms with E-state index in [9.17, 15) is 4.79 Å². The van der Waals surface area contributed by atoms with E-state index >= 15 is 0 Å². The van der Waals surface area contributed by atoms with Crippen LogP contribution in [0.25, 0.3) is 11.3 Å². The Morgan fingerprint density at radius 2 is 1.93 bits per heavy atom. The standard InChI is InChI=1S/C10H8N2O3/c13-10-4-7(11-12-10)6-1-2-8-9(3-6)15-5-14-8/h1-4H,5H2,(H2,11,12,13). The van der Waals surface area contributed by atoms with Crippen molar-refractivity contribution in [3.05, 3.63) is 34.6 Å². The van der Waals surface area contributed by atoms with Crippen LogP contribution in [0.1, 0.15) is 0 Å². The van der Waals surface area contributed by atoms with E-state index in [1.807, 2.05) is 18.2 Å². The molecule has 1 aliphatic rings. The maximum Gasteiger partial charge on any atom is 0.264 e. The molecule has 0 amide bonds. The van der Waals surface area contributed by atoms with Crippen LogP contribution >= 0.6 is 0 Å². The number of aromatic amines is 2. The van der Waals surface area contributed by atoms with Crippen molar-refractivity contribution in [2.45, 2.75) is 0 Å². The van der Waals surface area contributed by atoms with E-state index in [1.54, 1.807) is 0 Å². The average molecular weight is 204 g/mol. The van der Waals surface area contributed by atoms with Crippen LogP contribution in [0.2, 0.25) is 0 Å². The highest BCUT2D eigenvalue weighted by molar-refractivity contribution is 5.63. The predicted molar refractivity (Wildman–Crippen MR) is 53.0 cm³/mol. The number of nitrogens with one attached hydrogen (secondary N) is 2. The summed E-state index contributed by atoms with van der Waals surface area (Å²) in [7, 11) is 0. The molecular formula is C10H8N2O3. The Morgan fingerprint density at radius 1 is 1.07 bits per heavy atom. The van der Waals surface area contributed by atoms with Gasteiger partial charge in [-0.2, -0.15) is 0 Å². The highest BCUT2D eigenvalue weighted by Gasteiger charge is 2.14. The molecule has 2 heterocycles. The second kappa shape index (κ2) is 2.91. The topological polar surface area (TPSA) is 67.1 Å². The molecule has 3 rings (SSSR count). The monoisotopic (exact) mass is 204 g/mol. The van der Waals surface area contributed by atoms with Crippen molar-refractivity contribution >= 4 is 0 Å². The number of hydrogen-bond acceptors (Lipinski definition) is 3. The van der Waals surface area contributed by atoms with Crippen LogP contribution < -0.4 is 15.0 Å². The molecule has 5 heteroatoms. The molecule has 1 aromatic carbocycles. The van der Waals surface area contributed by atoms with E-state index in [1.165, 1.54) is 6.07 Å². The van der Waals surface area contributed by atoms with Crippen LogP contribution in [-0.2, 0) is 0 Å². The van der Waals surface area contributed by atoms with Gasteiger partial charge in [0.15, 0.2) is 11.5 Å². The first-order valence-electron chi connectivity index (χ1n) is 4.51. The molecule has 2 N–H and O–H groups in total. The summed E-state index contributed by atoms with van der Waals surface area (Å²) in [6, 6.07) is 7.02. The Hall–Kier alpha value is -2.17. The van der Waals surface area contributed by atoms with Gasteiger partial charge >= 0.3 is 0 Å². The molecule has 1 aliphatic heterocycles. The van der Waals surface area contributed by atoms with Gasteiger partial charge in [-0.05, 0) is 18.2 Å². The largest absolute Gasteiger partial charge is 0.454 e. The first kappa shape index (κ1) is 8.16. The number of aromatic nitrogens is 2. The second-order valence-electron chi connectivity index (χ2n) is 3.24. The molecule has 15 heavy (non-hydrogen) atoms. The number of rotatable bonds is 1. The Labute approximate surface area is 84.6 Å². The fraction of sp³-hybridized carbons (Fsp3) is 0.100. The molecular weight excluding hydrogens is 196 g/mol. The van der Waals surface area contributed by atoms with Gasteiger partial charge in [-0.3, -0.25) is 15.0 Å². The van der Waals surface area contributed by atoms with Gasteiger partial charge in [0, 0.05) is 11.6 Å². The minimum Gasteiger partial charge on any atom is -0.454 e. The highest BCUT2D eigenvalue weighted by atomic mass is 16.7. The molecule has 0 aliphatic carbocycles. The quantitative estimate of drug-likeness (QED) is 0.730. The third-order valence-electron chi connectivity index (χ3n) is 2.28. The zero-order chi connectivity index (χ0) is 10.3. The molecule has 76 valence electrons. The van der Waals surface area contributed by atoms with Crippen LogP contribution in [0.5, 0.6) is 11.5 Å². The van der Waals surface area contributed by atoms with E-state index in [0.29, 0.717) is 5.75 Å². The van der Waals surface area contributed by atoms with E-state index in [2.05, 4.69) is 10.2 Å². The lowest BCUT2D eigenvalue weighted by Gasteiger charge is -1.99. The van der Waals surface area contributed by atoms with E-state index in [-0.39, 0.29) is 12.4 Å². The number of fused-ring (bicyclic) bond motifs is 1. The Balaban J connectivity index is 2.10. The van der Waals surface area contributed by atoms with Crippen molar-refractivity contribution < 1.29 is 9.47 Å². The molecule has 5 nitrogen and oxygen atoms in total. The van der Waals surface area contributed by atoms with Crippen LogP contribution in [0.4, 0.5) is 0 Å². The normalized spacial score (nSPS) is 13.1. The van der Waals surface area contributed by atoms with Crippen LogP contribution in [0.15, 0.2) is 29.1 Å². The summed E-state index contributed by atoms with van der Waals surface area (Å²) in [6.45, 7) is 0.252. The summed E-state index contributed by atoms with van der Waals surface area (Å²) in [5.74, 6) is 1.44. The fourth-order valence-corrected chi connectivity index (χ4v) is 1.55. The van der Waals surface area contributed by atoms with Crippen LogP contribution in [0.3, 0.4) is 0 Å². The van der Waals surface area contributed by atoms with Crippen LogP contribution in [0, 0.1) is 0 Å². The molecule has 0 saturated carbocycles. The van der Waals surface area contributed by atoms with Gasteiger partial charge in [0.25, 0.3) is 5.56 Å². The Kier molecular flexibility index (Phi) is 1.58. The summed E-state index contributed by atoms with van der Waals surface area (Å²) in [5, 5.41) is 5.26. The molecule has 0 radical (unpaired) electrons. The van der Waals surface area contributed by atoms with Gasteiger partial charge < -0.3 is 9.47 Å². The van der Waals surface area contributed by atoms with Crippen molar-refractivity contribution in [2.24, 2.45) is 0 Å². The summed E-state index contributed by atoms with van der Waals surface area (Å²) < 4.78 is 10.4. The van der Waals surface area contributed by atoms with Gasteiger partial charge in [-0.25, -0.2) is 0 Å². The summed E-state index contributed by atoms with van der Waals surface area (Å²) in [5.41, 5.74) is 1.47. The highest BCUT2D eigenvalue weighted by Crippen LogP contribution is 2.34. The maximum atomic E-state index is 11.0. The lowest BCUT2D eigenvalue weighted by atomic mass is 10.1. The van der Waals surface area contributed by atoms with Crippen molar-refractivity contribution in [2.75, 3.05) is 6.79 Å². The number of ether oxygens (including phenoxy) is 2. The first-order chi connectivity index (χ1) is 7.33. The molecule has 1 aromatic heterocycles. The van der Waals surface area contributed by atoms with Gasteiger partial charge in [-0.1, -0.05) is 0 Å². The zero-order valence-corrected chi connectivity index (χ0v) is 7.74. The third kappa shape index (κ3) is 1.28. The summed E-state index contributed by atoms with van der Waals surface area (Å²) in [4.78, 5) is 11.0. The average Bonchev–Trinajstić information content (AvgIpc) is 2.84. The van der Waals surface area contributed by atoms with Gasteiger partial charge in [0.1, 0.15) is 0 Å². The van der Waals surface area contributed by atoms with Gasteiger partial charge in [-0.15, -0.1) is 0 Å². The van der Waals surface area contributed by atoms with Crippen molar-refractivity contribution in [3.63, 3.8) is 0 Å². The third-order valence-corrected chi connectivity index (χ3v) is 2.28. The van der Waals surface area contributed by atoms with Crippen molar-refractivity contribution in [1.82, 2.24) is 10.2 Å². The number of benzene rings is 1. The molecule has 0 unspecified atom stereocenters. The number of hydrogen-bond donors (Lipinski definition) is 2. The van der Waals surface area contributed by atoms with E-state index in [0.717, 1.165) is 17.0 Å². The lowest BCUT2D eigenvalue weighted by molar-refractivity contribution is 0.174. The molecule has 0 bridgehead atoms. The Morgan fingerprint density at radius 3 is 2.73 bits per heavy atom. The lowest BCUT2D eigenvalue weighted by Crippen LogP contribution is -1.93. The first-order valence-corrected chi connectivity index (χ1v) is 4.51.